The van der Waals surface area contributed by atoms with Crippen molar-refractivity contribution < 1.29 is 33.3 Å². The van der Waals surface area contributed by atoms with Gasteiger partial charge in [0.2, 0.25) is 0 Å². The molecule has 0 spiro atoms. The molecule has 122 valence electrons. The second-order valence-corrected chi connectivity index (χ2v) is 5.46. The topological polar surface area (TPSA) is 88.1 Å². The number of hydrogen-bond donors (Lipinski definition) is 0. The largest absolute Gasteiger partial charge is 0.458 e. The molecule has 0 amide bonds. The van der Waals surface area contributed by atoms with Crippen LogP contribution in [0.4, 0.5) is 0 Å². The number of esters is 3. The summed E-state index contributed by atoms with van der Waals surface area (Å²) in [6.07, 6.45) is -0.611. The highest BCUT2D eigenvalue weighted by atomic mass is 16.7. The van der Waals surface area contributed by atoms with Gasteiger partial charge in [-0.2, -0.15) is 0 Å². The molecule has 2 aliphatic rings. The van der Waals surface area contributed by atoms with Crippen LogP contribution in [0, 0.1) is 11.8 Å². The Balaban J connectivity index is 2.03. The summed E-state index contributed by atoms with van der Waals surface area (Å²) in [5.41, 5.74) is 0.252. The van der Waals surface area contributed by atoms with Gasteiger partial charge in [-0.05, 0) is 13.8 Å². The van der Waals surface area contributed by atoms with Crippen LogP contribution >= 0.6 is 0 Å². The Morgan fingerprint density at radius 3 is 2.73 bits per heavy atom. The minimum atomic E-state index is -0.686. The zero-order valence-electron chi connectivity index (χ0n) is 12.7. The maximum Gasteiger partial charge on any atom is 0.333 e. The Kier molecular flexibility index (Phi) is 5.18. The van der Waals surface area contributed by atoms with Crippen molar-refractivity contribution >= 4 is 17.9 Å². The van der Waals surface area contributed by atoms with E-state index in [4.69, 9.17) is 18.9 Å². The predicted molar refractivity (Wildman–Crippen MR) is 73.4 cm³/mol. The zero-order chi connectivity index (χ0) is 16.3. The van der Waals surface area contributed by atoms with Crippen molar-refractivity contribution in [2.45, 2.75) is 38.9 Å². The fourth-order valence-electron chi connectivity index (χ4n) is 2.67. The molecule has 4 unspecified atom stereocenters. The molecule has 1 aliphatic carbocycles. The first kappa shape index (κ1) is 16.5. The van der Waals surface area contributed by atoms with Crippen LogP contribution in [0.5, 0.6) is 0 Å². The van der Waals surface area contributed by atoms with E-state index < -0.39 is 42.0 Å². The van der Waals surface area contributed by atoms with E-state index in [9.17, 15) is 14.4 Å². The highest BCUT2D eigenvalue weighted by Gasteiger charge is 2.53. The van der Waals surface area contributed by atoms with Gasteiger partial charge in [0, 0.05) is 25.0 Å². The molecular formula is C15H20O7. The minimum Gasteiger partial charge on any atom is -0.458 e. The molecular weight excluding hydrogens is 292 g/mol. The van der Waals surface area contributed by atoms with Crippen molar-refractivity contribution in [3.8, 4) is 0 Å². The number of fused-ring (bicyclic) bond motifs is 2. The van der Waals surface area contributed by atoms with Crippen molar-refractivity contribution in [3.63, 3.8) is 0 Å². The highest BCUT2D eigenvalue weighted by molar-refractivity contribution is 5.87. The third-order valence-electron chi connectivity index (χ3n) is 3.84. The van der Waals surface area contributed by atoms with Gasteiger partial charge >= 0.3 is 17.9 Å². The zero-order valence-corrected chi connectivity index (χ0v) is 12.7. The second kappa shape index (κ2) is 6.91. The molecule has 1 saturated carbocycles. The summed E-state index contributed by atoms with van der Waals surface area (Å²) in [6.45, 7) is 7.08. The molecule has 0 aromatic carbocycles. The molecule has 1 saturated heterocycles. The molecule has 1 aliphatic heterocycles. The van der Waals surface area contributed by atoms with Gasteiger partial charge in [0.05, 0.1) is 11.8 Å². The summed E-state index contributed by atoms with van der Waals surface area (Å²) in [5, 5.41) is 0. The molecule has 0 N–H and O–H groups in total. The highest BCUT2D eigenvalue weighted by Crippen LogP contribution is 2.40. The van der Waals surface area contributed by atoms with Gasteiger partial charge in [-0.25, -0.2) is 4.79 Å². The van der Waals surface area contributed by atoms with Crippen LogP contribution in [0.1, 0.15) is 26.7 Å². The molecule has 0 aromatic heterocycles. The first-order valence-corrected chi connectivity index (χ1v) is 7.25. The number of ether oxygens (including phenoxy) is 4. The van der Waals surface area contributed by atoms with Gasteiger partial charge in [-0.1, -0.05) is 6.58 Å². The maximum atomic E-state index is 12.1. The summed E-state index contributed by atoms with van der Waals surface area (Å²) < 4.78 is 20.4. The first-order chi connectivity index (χ1) is 10.4. The van der Waals surface area contributed by atoms with Crippen LogP contribution in [0.3, 0.4) is 0 Å². The van der Waals surface area contributed by atoms with E-state index in [1.165, 1.54) is 6.92 Å². The number of hydrogen-bond acceptors (Lipinski definition) is 7. The fraction of sp³-hybridized carbons (Fsp3) is 0.667. The molecule has 7 heteroatoms. The molecule has 2 fully saturated rings. The van der Waals surface area contributed by atoms with Crippen LogP contribution in [0.25, 0.3) is 0 Å². The van der Waals surface area contributed by atoms with E-state index in [-0.39, 0.29) is 18.8 Å². The third-order valence-corrected chi connectivity index (χ3v) is 3.84. The summed E-state index contributed by atoms with van der Waals surface area (Å²) in [4.78, 5) is 35.6. The quantitative estimate of drug-likeness (QED) is 0.237. The first-order valence-electron chi connectivity index (χ1n) is 7.25. The van der Waals surface area contributed by atoms with E-state index >= 15 is 0 Å². The van der Waals surface area contributed by atoms with Crippen molar-refractivity contribution in [1.29, 1.82) is 0 Å². The van der Waals surface area contributed by atoms with E-state index in [1.807, 2.05) is 0 Å². The monoisotopic (exact) mass is 312 g/mol. The SMILES string of the molecule is C=C(C)C(=O)OC1CC(C(=O)OCOCC)C2CC1OC2=O. The molecule has 0 aromatic rings. The molecule has 4 atom stereocenters. The smallest absolute Gasteiger partial charge is 0.333 e. The third kappa shape index (κ3) is 3.47. The van der Waals surface area contributed by atoms with E-state index in [0.29, 0.717) is 13.0 Å². The molecule has 2 rings (SSSR count). The number of rotatable bonds is 6. The summed E-state index contributed by atoms with van der Waals surface area (Å²) in [7, 11) is 0. The Morgan fingerprint density at radius 1 is 1.36 bits per heavy atom. The van der Waals surface area contributed by atoms with Crippen molar-refractivity contribution in [2.75, 3.05) is 13.4 Å². The van der Waals surface area contributed by atoms with Gasteiger partial charge in [-0.15, -0.1) is 0 Å². The molecule has 7 nitrogen and oxygen atoms in total. The Hall–Kier alpha value is -1.89. The normalized spacial score (nSPS) is 29.6. The average molecular weight is 312 g/mol. The molecule has 0 radical (unpaired) electrons. The fourth-order valence-corrected chi connectivity index (χ4v) is 2.67. The predicted octanol–water partition coefficient (Wildman–Crippen LogP) is 0.963. The van der Waals surface area contributed by atoms with Crippen LogP contribution < -0.4 is 0 Å². The molecule has 1 heterocycles. The van der Waals surface area contributed by atoms with Gasteiger partial charge in [-0.3, -0.25) is 9.59 Å². The van der Waals surface area contributed by atoms with Gasteiger partial charge in [0.25, 0.3) is 0 Å². The summed E-state index contributed by atoms with van der Waals surface area (Å²) in [6, 6.07) is 0. The lowest BCUT2D eigenvalue weighted by Gasteiger charge is -2.30. The Labute approximate surface area is 128 Å². The van der Waals surface area contributed by atoms with E-state index in [1.54, 1.807) is 6.92 Å². The van der Waals surface area contributed by atoms with Crippen LogP contribution in [-0.4, -0.2) is 43.5 Å². The van der Waals surface area contributed by atoms with Gasteiger partial charge in [0.15, 0.2) is 6.79 Å². The number of carbonyl (C=O) groups excluding carboxylic acids is 3. The van der Waals surface area contributed by atoms with Gasteiger partial charge < -0.3 is 18.9 Å². The Bertz CT molecular complexity index is 484. The lowest BCUT2D eigenvalue weighted by Crippen LogP contribution is -2.41. The van der Waals surface area contributed by atoms with Crippen molar-refractivity contribution in [1.82, 2.24) is 0 Å². The molecule has 22 heavy (non-hydrogen) atoms. The second-order valence-electron chi connectivity index (χ2n) is 5.46. The lowest BCUT2D eigenvalue weighted by atomic mass is 9.78. The average Bonchev–Trinajstić information content (AvgIpc) is 2.79. The number of carbonyl (C=O) groups is 3. The lowest BCUT2D eigenvalue weighted by molar-refractivity contribution is -0.168. The Morgan fingerprint density at radius 2 is 2.09 bits per heavy atom. The van der Waals surface area contributed by atoms with Crippen LogP contribution in [0.2, 0.25) is 0 Å². The van der Waals surface area contributed by atoms with Crippen molar-refractivity contribution in [3.05, 3.63) is 12.2 Å². The maximum absolute atomic E-state index is 12.1. The minimum absolute atomic E-state index is 0.159. The van der Waals surface area contributed by atoms with Crippen LogP contribution in [-0.2, 0) is 33.3 Å². The van der Waals surface area contributed by atoms with E-state index in [0.717, 1.165) is 0 Å². The van der Waals surface area contributed by atoms with E-state index in [2.05, 4.69) is 6.58 Å². The molecule has 2 bridgehead atoms. The van der Waals surface area contributed by atoms with Gasteiger partial charge in [0.1, 0.15) is 12.2 Å². The van der Waals surface area contributed by atoms with Crippen molar-refractivity contribution in [2.24, 2.45) is 11.8 Å². The summed E-state index contributed by atoms with van der Waals surface area (Å²) in [5.74, 6) is -2.77. The summed E-state index contributed by atoms with van der Waals surface area (Å²) >= 11 is 0. The standard InChI is InChI=1S/C15H20O7/c1-4-19-7-20-14(17)9-5-11(21-13(16)8(2)3)12-6-10(9)15(18)22-12/h9-12H,2,4-7H2,1,3H3. The van der Waals surface area contributed by atoms with Crippen LogP contribution in [0.15, 0.2) is 12.2 Å².